The number of carbonyl (C=O) groups excluding carboxylic acids is 1. The molecule has 20 heavy (non-hydrogen) atoms. The standard InChI is InChI=1S/C10H13Br2N3O3S2/c1-13-10(16)6-5-14-2-3-15(6)20(17,18)7-4-8(11)19-9(7)12/h4,6,14H,2-3,5H2,1H3,(H,13,16). The highest BCUT2D eigenvalue weighted by Gasteiger charge is 2.38. The third kappa shape index (κ3) is 3.09. The molecule has 0 spiro atoms. The van der Waals surface area contributed by atoms with Crippen LogP contribution in [0.15, 0.2) is 18.5 Å². The summed E-state index contributed by atoms with van der Waals surface area (Å²) >= 11 is 7.82. The fourth-order valence-electron chi connectivity index (χ4n) is 1.99. The van der Waals surface area contributed by atoms with Gasteiger partial charge >= 0.3 is 0 Å². The number of nitrogens with zero attached hydrogens (tertiary/aromatic N) is 1. The van der Waals surface area contributed by atoms with Gasteiger partial charge in [0.25, 0.3) is 0 Å². The fourth-order valence-corrected chi connectivity index (χ4v) is 7.34. The number of halogens is 2. The molecule has 1 fully saturated rings. The second-order valence-corrected chi connectivity index (χ2v) is 9.75. The molecule has 0 saturated carbocycles. The topological polar surface area (TPSA) is 78.5 Å². The SMILES string of the molecule is CNC(=O)C1CNCCN1S(=O)(=O)c1cc(Br)sc1Br. The molecule has 0 radical (unpaired) electrons. The van der Waals surface area contributed by atoms with E-state index in [0.717, 1.165) is 3.79 Å². The Morgan fingerprint density at radius 1 is 1.55 bits per heavy atom. The highest BCUT2D eigenvalue weighted by Crippen LogP contribution is 2.36. The molecule has 0 bridgehead atoms. The molecule has 0 aliphatic carbocycles. The van der Waals surface area contributed by atoms with Gasteiger partial charge in [0, 0.05) is 26.7 Å². The van der Waals surface area contributed by atoms with Gasteiger partial charge in [-0.05, 0) is 37.9 Å². The van der Waals surface area contributed by atoms with E-state index in [0.29, 0.717) is 16.9 Å². The number of piperazine rings is 1. The predicted octanol–water partition coefficient (Wildman–Crippen LogP) is 0.982. The Morgan fingerprint density at radius 2 is 2.25 bits per heavy atom. The molecule has 1 aromatic heterocycles. The van der Waals surface area contributed by atoms with Crippen molar-refractivity contribution in [2.45, 2.75) is 10.9 Å². The Bertz CT molecular complexity index is 617. The van der Waals surface area contributed by atoms with Crippen LogP contribution < -0.4 is 10.6 Å². The lowest BCUT2D eigenvalue weighted by Crippen LogP contribution is -2.59. The summed E-state index contributed by atoms with van der Waals surface area (Å²) in [5.41, 5.74) is 0. The van der Waals surface area contributed by atoms with Crippen LogP contribution in [-0.2, 0) is 14.8 Å². The van der Waals surface area contributed by atoms with Crippen LogP contribution in [0.2, 0.25) is 0 Å². The van der Waals surface area contributed by atoms with Gasteiger partial charge in [0.1, 0.15) is 10.9 Å². The lowest BCUT2D eigenvalue weighted by molar-refractivity contribution is -0.124. The minimum atomic E-state index is -3.71. The van der Waals surface area contributed by atoms with Crippen molar-refractivity contribution in [3.05, 3.63) is 13.6 Å². The number of sulfonamides is 1. The number of rotatable bonds is 3. The van der Waals surface area contributed by atoms with Gasteiger partial charge in [-0.2, -0.15) is 4.31 Å². The lowest BCUT2D eigenvalue weighted by atomic mass is 10.2. The third-order valence-electron chi connectivity index (χ3n) is 2.96. The van der Waals surface area contributed by atoms with Crippen LogP contribution in [0.4, 0.5) is 0 Å². The van der Waals surface area contributed by atoms with Crippen LogP contribution in [0, 0.1) is 0 Å². The second kappa shape index (κ2) is 6.41. The Kier molecular flexibility index (Phi) is 5.24. The number of thiophene rings is 1. The first-order valence-corrected chi connectivity index (χ1v) is 9.61. The van der Waals surface area contributed by atoms with E-state index in [1.165, 1.54) is 22.7 Å². The largest absolute Gasteiger partial charge is 0.358 e. The lowest BCUT2D eigenvalue weighted by Gasteiger charge is -2.33. The van der Waals surface area contributed by atoms with Crippen LogP contribution in [0.1, 0.15) is 0 Å². The van der Waals surface area contributed by atoms with Gasteiger partial charge in [0.15, 0.2) is 0 Å². The first kappa shape index (κ1) is 16.4. The first-order valence-electron chi connectivity index (χ1n) is 5.77. The predicted molar refractivity (Wildman–Crippen MR) is 84.3 cm³/mol. The summed E-state index contributed by atoms with van der Waals surface area (Å²) < 4.78 is 27.9. The number of nitrogens with one attached hydrogen (secondary N) is 2. The van der Waals surface area contributed by atoms with Gasteiger partial charge in [-0.25, -0.2) is 8.42 Å². The maximum absolute atomic E-state index is 12.7. The molecule has 1 unspecified atom stereocenters. The highest BCUT2D eigenvalue weighted by molar-refractivity contribution is 9.12. The molecule has 2 heterocycles. The van der Waals surface area contributed by atoms with Crippen molar-refractivity contribution in [2.24, 2.45) is 0 Å². The van der Waals surface area contributed by atoms with Crippen molar-refractivity contribution in [1.82, 2.24) is 14.9 Å². The molecular weight excluding hydrogens is 434 g/mol. The molecule has 1 aliphatic rings. The van der Waals surface area contributed by atoms with E-state index in [2.05, 4.69) is 42.5 Å². The van der Waals surface area contributed by atoms with Crippen LogP contribution in [-0.4, -0.2) is 51.4 Å². The quantitative estimate of drug-likeness (QED) is 0.725. The van der Waals surface area contributed by atoms with Gasteiger partial charge in [-0.3, -0.25) is 4.79 Å². The smallest absolute Gasteiger partial charge is 0.245 e. The average molecular weight is 447 g/mol. The molecule has 1 atom stereocenters. The molecular formula is C10H13Br2N3O3S2. The van der Waals surface area contributed by atoms with Gasteiger partial charge in [0.05, 0.1) is 7.57 Å². The third-order valence-corrected chi connectivity index (χ3v) is 7.62. The van der Waals surface area contributed by atoms with Crippen LogP contribution in [0.25, 0.3) is 0 Å². The Hall–Kier alpha value is -0.000000000000000333. The summed E-state index contributed by atoms with van der Waals surface area (Å²) in [5.74, 6) is -0.314. The zero-order valence-electron chi connectivity index (χ0n) is 10.5. The van der Waals surface area contributed by atoms with Crippen molar-refractivity contribution in [1.29, 1.82) is 0 Å². The van der Waals surface area contributed by atoms with Gasteiger partial charge in [-0.1, -0.05) is 0 Å². The zero-order chi connectivity index (χ0) is 14.9. The van der Waals surface area contributed by atoms with E-state index in [-0.39, 0.29) is 17.3 Å². The summed E-state index contributed by atoms with van der Waals surface area (Å²) in [6.07, 6.45) is 0. The van der Waals surface area contributed by atoms with E-state index in [4.69, 9.17) is 0 Å². The first-order chi connectivity index (χ1) is 9.37. The van der Waals surface area contributed by atoms with E-state index >= 15 is 0 Å². The summed E-state index contributed by atoms with van der Waals surface area (Å²) in [6, 6.07) is 0.817. The van der Waals surface area contributed by atoms with Gasteiger partial charge in [0.2, 0.25) is 15.9 Å². The van der Waals surface area contributed by atoms with Crippen molar-refractivity contribution in [3.63, 3.8) is 0 Å². The molecule has 10 heteroatoms. The highest BCUT2D eigenvalue weighted by atomic mass is 79.9. The monoisotopic (exact) mass is 445 g/mol. The molecule has 1 amide bonds. The van der Waals surface area contributed by atoms with Crippen molar-refractivity contribution >= 4 is 59.1 Å². The maximum atomic E-state index is 12.7. The zero-order valence-corrected chi connectivity index (χ0v) is 15.3. The molecule has 112 valence electrons. The summed E-state index contributed by atoms with van der Waals surface area (Å²) in [6.45, 7) is 1.10. The molecule has 0 aromatic carbocycles. The van der Waals surface area contributed by atoms with Crippen LogP contribution >= 0.6 is 43.2 Å². The summed E-state index contributed by atoms with van der Waals surface area (Å²) in [5, 5.41) is 5.54. The Labute approximate surface area is 138 Å². The number of likely N-dealkylation sites (N-methyl/N-ethyl adjacent to an activating group) is 1. The molecule has 1 aromatic rings. The number of hydrogen-bond donors (Lipinski definition) is 2. The van der Waals surface area contributed by atoms with Gasteiger partial charge in [-0.15, -0.1) is 11.3 Å². The average Bonchev–Trinajstić information content (AvgIpc) is 2.77. The molecule has 1 saturated heterocycles. The molecule has 1 aliphatic heterocycles. The van der Waals surface area contributed by atoms with E-state index in [1.54, 1.807) is 6.07 Å². The van der Waals surface area contributed by atoms with Gasteiger partial charge < -0.3 is 10.6 Å². The van der Waals surface area contributed by atoms with E-state index in [9.17, 15) is 13.2 Å². The van der Waals surface area contributed by atoms with Crippen LogP contribution in [0.5, 0.6) is 0 Å². The van der Waals surface area contributed by atoms with Crippen molar-refractivity contribution in [2.75, 3.05) is 26.7 Å². The molecule has 2 rings (SSSR count). The maximum Gasteiger partial charge on any atom is 0.245 e. The van der Waals surface area contributed by atoms with E-state index in [1.807, 2.05) is 0 Å². The number of amides is 1. The summed E-state index contributed by atoms with van der Waals surface area (Å²) in [4.78, 5) is 12.1. The minimum Gasteiger partial charge on any atom is -0.358 e. The minimum absolute atomic E-state index is 0.185. The van der Waals surface area contributed by atoms with Crippen molar-refractivity contribution in [3.8, 4) is 0 Å². The second-order valence-electron chi connectivity index (χ2n) is 4.14. The van der Waals surface area contributed by atoms with E-state index < -0.39 is 16.1 Å². The Balaban J connectivity index is 2.40. The Morgan fingerprint density at radius 3 is 2.80 bits per heavy atom. The number of carbonyl (C=O) groups is 1. The summed E-state index contributed by atoms with van der Waals surface area (Å²) in [7, 11) is -2.21. The van der Waals surface area contributed by atoms with Crippen molar-refractivity contribution < 1.29 is 13.2 Å². The normalized spacial score (nSPS) is 20.9. The molecule has 6 nitrogen and oxygen atoms in total. The van der Waals surface area contributed by atoms with Crippen LogP contribution in [0.3, 0.4) is 0 Å². The molecule has 2 N–H and O–H groups in total. The number of hydrogen-bond acceptors (Lipinski definition) is 5. The fraction of sp³-hybridized carbons (Fsp3) is 0.500.